The van der Waals surface area contributed by atoms with Gasteiger partial charge >= 0.3 is 0 Å². The van der Waals surface area contributed by atoms with Crippen molar-refractivity contribution in [1.29, 1.82) is 5.26 Å². The standard InChI is InChI=1S/C13H13FN4/c14-13-6-11(8-15)5-12(7-13)9-16-1-3-18-4-2-17-10-18/h2,4-7,10,16H,1,3,9H2. The van der Waals surface area contributed by atoms with Crippen LogP contribution in [0.2, 0.25) is 0 Å². The fourth-order valence-corrected chi connectivity index (χ4v) is 1.68. The van der Waals surface area contributed by atoms with Crippen molar-refractivity contribution in [3.63, 3.8) is 0 Å². The average molecular weight is 244 g/mol. The average Bonchev–Trinajstić information content (AvgIpc) is 2.87. The lowest BCUT2D eigenvalue weighted by molar-refractivity contribution is 0.590. The Bertz CT molecular complexity index is 543. The Morgan fingerprint density at radius 1 is 1.39 bits per heavy atom. The first kappa shape index (κ1) is 12.3. The number of nitriles is 1. The van der Waals surface area contributed by atoms with Crippen LogP contribution in [0.4, 0.5) is 4.39 Å². The number of nitrogens with one attached hydrogen (secondary N) is 1. The molecule has 0 spiro atoms. The molecule has 5 heteroatoms. The van der Waals surface area contributed by atoms with Gasteiger partial charge in [0.15, 0.2) is 0 Å². The number of hydrogen-bond donors (Lipinski definition) is 1. The summed E-state index contributed by atoms with van der Waals surface area (Å²) >= 11 is 0. The van der Waals surface area contributed by atoms with E-state index in [1.807, 2.05) is 16.8 Å². The molecule has 92 valence electrons. The second-order valence-corrected chi connectivity index (χ2v) is 3.94. The highest BCUT2D eigenvalue weighted by Crippen LogP contribution is 2.08. The van der Waals surface area contributed by atoms with E-state index >= 15 is 0 Å². The molecule has 1 heterocycles. The van der Waals surface area contributed by atoms with Gasteiger partial charge in [-0.3, -0.25) is 0 Å². The van der Waals surface area contributed by atoms with Crippen LogP contribution in [0.3, 0.4) is 0 Å². The zero-order valence-electron chi connectivity index (χ0n) is 9.81. The van der Waals surface area contributed by atoms with Crippen molar-refractivity contribution in [2.24, 2.45) is 0 Å². The molecule has 1 aromatic heterocycles. The summed E-state index contributed by atoms with van der Waals surface area (Å²) in [7, 11) is 0. The van der Waals surface area contributed by atoms with Gasteiger partial charge in [0, 0.05) is 32.0 Å². The lowest BCUT2D eigenvalue weighted by atomic mass is 10.1. The molecule has 2 rings (SSSR count). The predicted molar refractivity (Wildman–Crippen MR) is 65.0 cm³/mol. The third-order valence-electron chi connectivity index (χ3n) is 2.52. The Morgan fingerprint density at radius 3 is 3.00 bits per heavy atom. The van der Waals surface area contributed by atoms with Gasteiger partial charge in [-0.1, -0.05) is 0 Å². The molecule has 0 atom stereocenters. The smallest absolute Gasteiger partial charge is 0.124 e. The number of nitrogens with zero attached hydrogens (tertiary/aromatic N) is 3. The van der Waals surface area contributed by atoms with Crippen molar-refractivity contribution < 1.29 is 4.39 Å². The first-order valence-electron chi connectivity index (χ1n) is 5.64. The van der Waals surface area contributed by atoms with Crippen LogP contribution >= 0.6 is 0 Å². The van der Waals surface area contributed by atoms with Crippen molar-refractivity contribution in [1.82, 2.24) is 14.9 Å². The summed E-state index contributed by atoms with van der Waals surface area (Å²) in [6, 6.07) is 6.30. The summed E-state index contributed by atoms with van der Waals surface area (Å²) in [5.41, 5.74) is 1.12. The molecule has 4 nitrogen and oxygen atoms in total. The number of aromatic nitrogens is 2. The summed E-state index contributed by atoms with van der Waals surface area (Å²) in [6.07, 6.45) is 5.36. The second-order valence-electron chi connectivity index (χ2n) is 3.94. The Hall–Kier alpha value is -2.19. The maximum absolute atomic E-state index is 13.2. The molecular weight excluding hydrogens is 231 g/mol. The van der Waals surface area contributed by atoms with E-state index in [0.29, 0.717) is 12.1 Å². The van der Waals surface area contributed by atoms with E-state index in [1.54, 1.807) is 18.6 Å². The Kier molecular flexibility index (Phi) is 4.05. The molecular formula is C13H13FN4. The molecule has 0 aliphatic rings. The number of benzene rings is 1. The van der Waals surface area contributed by atoms with Crippen LogP contribution in [0.25, 0.3) is 0 Å². The first-order chi connectivity index (χ1) is 8.78. The van der Waals surface area contributed by atoms with Crippen LogP contribution in [-0.2, 0) is 13.1 Å². The molecule has 0 aliphatic heterocycles. The fraction of sp³-hybridized carbons (Fsp3) is 0.231. The summed E-state index contributed by atoms with van der Waals surface area (Å²) in [5, 5.41) is 11.9. The molecule has 0 fully saturated rings. The highest BCUT2D eigenvalue weighted by molar-refractivity contribution is 5.33. The molecule has 0 aliphatic carbocycles. The minimum absolute atomic E-state index is 0.349. The minimum atomic E-state index is -0.375. The van der Waals surface area contributed by atoms with Crippen molar-refractivity contribution in [2.75, 3.05) is 6.54 Å². The summed E-state index contributed by atoms with van der Waals surface area (Å²) in [4.78, 5) is 3.94. The molecule has 1 aromatic carbocycles. The van der Waals surface area contributed by atoms with E-state index in [9.17, 15) is 4.39 Å². The van der Waals surface area contributed by atoms with Crippen molar-refractivity contribution in [3.8, 4) is 6.07 Å². The van der Waals surface area contributed by atoms with Gasteiger partial charge in [-0.05, 0) is 23.8 Å². The zero-order chi connectivity index (χ0) is 12.8. The Labute approximate surface area is 105 Å². The lowest BCUT2D eigenvalue weighted by Gasteiger charge is -2.06. The van der Waals surface area contributed by atoms with E-state index in [-0.39, 0.29) is 5.82 Å². The highest BCUT2D eigenvalue weighted by Gasteiger charge is 2.00. The SMILES string of the molecule is N#Cc1cc(F)cc(CNCCn2ccnc2)c1. The number of imidazole rings is 1. The van der Waals surface area contributed by atoms with Crippen molar-refractivity contribution in [3.05, 3.63) is 53.9 Å². The molecule has 0 unspecified atom stereocenters. The quantitative estimate of drug-likeness (QED) is 0.814. The molecule has 0 bridgehead atoms. The van der Waals surface area contributed by atoms with E-state index in [1.165, 1.54) is 12.1 Å². The van der Waals surface area contributed by atoms with Crippen LogP contribution < -0.4 is 5.32 Å². The maximum Gasteiger partial charge on any atom is 0.124 e. The van der Waals surface area contributed by atoms with Gasteiger partial charge in [0.25, 0.3) is 0 Å². The monoisotopic (exact) mass is 244 g/mol. The predicted octanol–water partition coefficient (Wildman–Crippen LogP) is 1.68. The summed E-state index contributed by atoms with van der Waals surface area (Å²) < 4.78 is 15.1. The van der Waals surface area contributed by atoms with E-state index in [0.717, 1.165) is 18.7 Å². The van der Waals surface area contributed by atoms with Crippen LogP contribution in [0.15, 0.2) is 36.9 Å². The number of hydrogen-bond acceptors (Lipinski definition) is 3. The third kappa shape index (κ3) is 3.40. The minimum Gasteiger partial charge on any atom is -0.336 e. The Morgan fingerprint density at radius 2 is 2.28 bits per heavy atom. The first-order valence-corrected chi connectivity index (χ1v) is 5.64. The van der Waals surface area contributed by atoms with Crippen LogP contribution in [0, 0.1) is 17.1 Å². The van der Waals surface area contributed by atoms with Crippen molar-refractivity contribution >= 4 is 0 Å². The topological polar surface area (TPSA) is 53.6 Å². The summed E-state index contributed by atoms with van der Waals surface area (Å²) in [5.74, 6) is -0.375. The van der Waals surface area contributed by atoms with Crippen LogP contribution in [-0.4, -0.2) is 16.1 Å². The van der Waals surface area contributed by atoms with E-state index in [4.69, 9.17) is 5.26 Å². The molecule has 0 saturated carbocycles. The van der Waals surface area contributed by atoms with Gasteiger partial charge in [-0.2, -0.15) is 5.26 Å². The van der Waals surface area contributed by atoms with Gasteiger partial charge in [-0.25, -0.2) is 9.37 Å². The largest absolute Gasteiger partial charge is 0.336 e. The van der Waals surface area contributed by atoms with Gasteiger partial charge in [0.2, 0.25) is 0 Å². The van der Waals surface area contributed by atoms with E-state index in [2.05, 4.69) is 10.3 Å². The fourth-order valence-electron chi connectivity index (χ4n) is 1.68. The lowest BCUT2D eigenvalue weighted by Crippen LogP contribution is -2.19. The van der Waals surface area contributed by atoms with Gasteiger partial charge in [0.05, 0.1) is 18.0 Å². The Balaban J connectivity index is 1.83. The molecule has 0 amide bonds. The van der Waals surface area contributed by atoms with Gasteiger partial charge in [0.1, 0.15) is 5.82 Å². The zero-order valence-corrected chi connectivity index (χ0v) is 9.81. The van der Waals surface area contributed by atoms with Gasteiger partial charge in [-0.15, -0.1) is 0 Å². The normalized spacial score (nSPS) is 10.2. The van der Waals surface area contributed by atoms with Crippen LogP contribution in [0.5, 0.6) is 0 Å². The van der Waals surface area contributed by atoms with E-state index < -0.39 is 0 Å². The molecule has 2 aromatic rings. The molecule has 0 radical (unpaired) electrons. The molecule has 0 saturated heterocycles. The molecule has 1 N–H and O–H groups in total. The third-order valence-corrected chi connectivity index (χ3v) is 2.52. The van der Waals surface area contributed by atoms with Gasteiger partial charge < -0.3 is 9.88 Å². The molecule has 18 heavy (non-hydrogen) atoms. The maximum atomic E-state index is 13.2. The van der Waals surface area contributed by atoms with Crippen LogP contribution in [0.1, 0.15) is 11.1 Å². The number of halogens is 1. The number of rotatable bonds is 5. The summed E-state index contributed by atoms with van der Waals surface area (Å²) in [6.45, 7) is 2.11. The second kappa shape index (κ2) is 5.94. The highest BCUT2D eigenvalue weighted by atomic mass is 19.1. The van der Waals surface area contributed by atoms with Crippen molar-refractivity contribution in [2.45, 2.75) is 13.1 Å².